The van der Waals surface area contributed by atoms with E-state index in [1.54, 1.807) is 0 Å². The fraction of sp³-hybridized carbons (Fsp3) is 0.529. The highest BCUT2D eigenvalue weighted by Crippen LogP contribution is 2.25. The molecule has 5 heteroatoms. The number of nitrogens with one attached hydrogen (secondary N) is 1. The third-order valence-corrected chi connectivity index (χ3v) is 4.34. The summed E-state index contributed by atoms with van der Waals surface area (Å²) in [7, 11) is 0. The molecule has 3 rings (SSSR count). The molecule has 0 unspecified atom stereocenters. The first-order valence-electron chi connectivity index (χ1n) is 7.97. The highest BCUT2D eigenvalue weighted by molar-refractivity contribution is 5.95. The number of rotatable bonds is 4. The van der Waals surface area contributed by atoms with Gasteiger partial charge in [-0.25, -0.2) is 0 Å². The first-order valence-corrected chi connectivity index (χ1v) is 7.97. The molecule has 0 aliphatic carbocycles. The molecule has 0 radical (unpaired) electrons. The highest BCUT2D eigenvalue weighted by atomic mass is 16.5. The van der Waals surface area contributed by atoms with Crippen LogP contribution in [0.5, 0.6) is 0 Å². The van der Waals surface area contributed by atoms with Gasteiger partial charge in [0.15, 0.2) is 0 Å². The van der Waals surface area contributed by atoms with E-state index in [1.807, 2.05) is 36.1 Å². The first-order chi connectivity index (χ1) is 10.6. The van der Waals surface area contributed by atoms with E-state index in [2.05, 4.69) is 5.32 Å². The van der Waals surface area contributed by atoms with E-state index < -0.39 is 0 Å². The Hall–Kier alpha value is -1.88. The summed E-state index contributed by atoms with van der Waals surface area (Å²) < 4.78 is 5.41. The second kappa shape index (κ2) is 6.48. The predicted molar refractivity (Wildman–Crippen MR) is 83.6 cm³/mol. The van der Waals surface area contributed by atoms with Gasteiger partial charge in [-0.2, -0.15) is 0 Å². The third kappa shape index (κ3) is 3.14. The van der Waals surface area contributed by atoms with Gasteiger partial charge in [0.2, 0.25) is 11.8 Å². The number of amides is 2. The van der Waals surface area contributed by atoms with E-state index in [9.17, 15) is 9.59 Å². The Morgan fingerprint density at radius 3 is 2.95 bits per heavy atom. The normalized spacial score (nSPS) is 22.9. The van der Waals surface area contributed by atoms with Crippen LogP contribution in [0.3, 0.4) is 0 Å². The van der Waals surface area contributed by atoms with Gasteiger partial charge in [-0.3, -0.25) is 9.59 Å². The molecule has 1 N–H and O–H groups in total. The van der Waals surface area contributed by atoms with E-state index in [0.29, 0.717) is 13.0 Å². The van der Waals surface area contributed by atoms with Crippen LogP contribution >= 0.6 is 0 Å². The van der Waals surface area contributed by atoms with Crippen molar-refractivity contribution in [3.8, 4) is 0 Å². The number of carbonyl (C=O) groups excluding carboxylic acids is 2. The molecular weight excluding hydrogens is 280 g/mol. The number of hydrogen-bond acceptors (Lipinski definition) is 3. The van der Waals surface area contributed by atoms with Gasteiger partial charge >= 0.3 is 0 Å². The van der Waals surface area contributed by atoms with Crippen molar-refractivity contribution < 1.29 is 14.3 Å². The molecule has 1 aromatic carbocycles. The van der Waals surface area contributed by atoms with Crippen LogP contribution in [0, 0.1) is 0 Å². The number of hydrogen-bond donors (Lipinski definition) is 1. The lowest BCUT2D eigenvalue weighted by Gasteiger charge is -2.20. The second-order valence-corrected chi connectivity index (χ2v) is 5.98. The van der Waals surface area contributed by atoms with Crippen molar-refractivity contribution in [1.82, 2.24) is 5.32 Å². The van der Waals surface area contributed by atoms with E-state index in [1.165, 1.54) is 0 Å². The fourth-order valence-corrected chi connectivity index (χ4v) is 3.06. The zero-order valence-corrected chi connectivity index (χ0v) is 12.9. The number of nitrogens with zero attached hydrogens (tertiary/aromatic N) is 1. The Morgan fingerprint density at radius 1 is 1.41 bits per heavy atom. The lowest BCUT2D eigenvalue weighted by Crippen LogP contribution is -2.35. The van der Waals surface area contributed by atoms with Gasteiger partial charge in [-0.1, -0.05) is 12.1 Å². The van der Waals surface area contributed by atoms with Gasteiger partial charge in [0.25, 0.3) is 0 Å². The average Bonchev–Trinajstić information content (AvgIpc) is 3.18. The van der Waals surface area contributed by atoms with Crippen LogP contribution in [0.4, 0.5) is 5.69 Å². The SMILES string of the molecule is C[C@H](NC(=O)[C@@H]1CCCO1)c1cccc(N2CCCC2=O)c1. The topological polar surface area (TPSA) is 58.6 Å². The Kier molecular flexibility index (Phi) is 4.43. The van der Waals surface area contributed by atoms with Gasteiger partial charge in [0.05, 0.1) is 6.04 Å². The molecule has 2 aliphatic heterocycles. The summed E-state index contributed by atoms with van der Waals surface area (Å²) in [4.78, 5) is 25.8. The minimum absolute atomic E-state index is 0.0485. The highest BCUT2D eigenvalue weighted by Gasteiger charge is 2.25. The van der Waals surface area contributed by atoms with Crippen LogP contribution in [0.1, 0.15) is 44.2 Å². The summed E-state index contributed by atoms with van der Waals surface area (Å²) in [5.74, 6) is 0.126. The van der Waals surface area contributed by atoms with Crippen LogP contribution in [0.25, 0.3) is 0 Å². The van der Waals surface area contributed by atoms with E-state index >= 15 is 0 Å². The number of ether oxygens (including phenoxy) is 1. The molecule has 2 amide bonds. The Morgan fingerprint density at radius 2 is 2.27 bits per heavy atom. The lowest BCUT2D eigenvalue weighted by molar-refractivity contribution is -0.130. The van der Waals surface area contributed by atoms with Crippen molar-refractivity contribution in [3.63, 3.8) is 0 Å². The first kappa shape index (κ1) is 15.0. The van der Waals surface area contributed by atoms with Gasteiger partial charge < -0.3 is 15.0 Å². The summed E-state index contributed by atoms with van der Waals surface area (Å²) in [6.45, 7) is 3.40. The van der Waals surface area contributed by atoms with Crippen LogP contribution in [0.2, 0.25) is 0 Å². The molecule has 2 fully saturated rings. The smallest absolute Gasteiger partial charge is 0.249 e. The third-order valence-electron chi connectivity index (χ3n) is 4.34. The van der Waals surface area contributed by atoms with Gasteiger partial charge in [0, 0.05) is 25.3 Å². The Labute approximate surface area is 130 Å². The maximum absolute atomic E-state index is 12.1. The molecule has 0 bridgehead atoms. The molecule has 22 heavy (non-hydrogen) atoms. The quantitative estimate of drug-likeness (QED) is 0.927. The molecule has 5 nitrogen and oxygen atoms in total. The molecule has 0 spiro atoms. The number of carbonyl (C=O) groups is 2. The number of benzene rings is 1. The minimum atomic E-state index is -0.314. The number of anilines is 1. The van der Waals surface area contributed by atoms with Crippen molar-refractivity contribution in [2.45, 2.75) is 44.8 Å². The fourth-order valence-electron chi connectivity index (χ4n) is 3.06. The molecule has 2 atom stereocenters. The van der Waals surface area contributed by atoms with Gasteiger partial charge in [-0.15, -0.1) is 0 Å². The Balaban J connectivity index is 1.68. The summed E-state index contributed by atoms with van der Waals surface area (Å²) in [5, 5.41) is 3.00. The van der Waals surface area contributed by atoms with Crippen LogP contribution < -0.4 is 10.2 Å². The summed E-state index contributed by atoms with van der Waals surface area (Å²) in [6, 6.07) is 7.75. The molecule has 0 aromatic heterocycles. The van der Waals surface area contributed by atoms with Crippen LogP contribution in [-0.2, 0) is 14.3 Å². The zero-order valence-electron chi connectivity index (χ0n) is 12.9. The van der Waals surface area contributed by atoms with Crippen molar-refractivity contribution in [1.29, 1.82) is 0 Å². The van der Waals surface area contributed by atoms with E-state index in [4.69, 9.17) is 4.74 Å². The Bertz CT molecular complexity index is 567. The van der Waals surface area contributed by atoms with Crippen molar-refractivity contribution in [2.24, 2.45) is 0 Å². The molecule has 118 valence electrons. The molecule has 2 heterocycles. The lowest BCUT2D eigenvalue weighted by atomic mass is 10.1. The summed E-state index contributed by atoms with van der Waals surface area (Å²) >= 11 is 0. The summed E-state index contributed by atoms with van der Waals surface area (Å²) in [6.07, 6.45) is 2.95. The maximum atomic E-state index is 12.1. The van der Waals surface area contributed by atoms with Gasteiger partial charge in [-0.05, 0) is 43.9 Å². The minimum Gasteiger partial charge on any atom is -0.368 e. The van der Waals surface area contributed by atoms with Crippen LogP contribution in [-0.4, -0.2) is 31.1 Å². The molecule has 1 aromatic rings. The molecular formula is C17H22N2O3. The zero-order chi connectivity index (χ0) is 15.5. The summed E-state index contributed by atoms with van der Waals surface area (Å²) in [5.41, 5.74) is 1.92. The van der Waals surface area contributed by atoms with Crippen molar-refractivity contribution in [2.75, 3.05) is 18.1 Å². The standard InChI is InChI=1S/C17H22N2O3/c1-12(18-17(21)15-7-4-10-22-15)13-5-2-6-14(11-13)19-9-3-8-16(19)20/h2,5-6,11-12,15H,3-4,7-10H2,1H3,(H,18,21)/t12-,15-/m0/s1. The monoisotopic (exact) mass is 302 g/mol. The van der Waals surface area contributed by atoms with E-state index in [0.717, 1.165) is 37.1 Å². The average molecular weight is 302 g/mol. The van der Waals surface area contributed by atoms with Crippen LogP contribution in [0.15, 0.2) is 24.3 Å². The van der Waals surface area contributed by atoms with Crippen molar-refractivity contribution >= 4 is 17.5 Å². The second-order valence-electron chi connectivity index (χ2n) is 5.98. The van der Waals surface area contributed by atoms with Crippen molar-refractivity contribution in [3.05, 3.63) is 29.8 Å². The van der Waals surface area contributed by atoms with E-state index in [-0.39, 0.29) is 24.0 Å². The molecule has 2 aliphatic rings. The molecule has 0 saturated carbocycles. The van der Waals surface area contributed by atoms with Gasteiger partial charge in [0.1, 0.15) is 6.10 Å². The molecule has 2 saturated heterocycles. The largest absolute Gasteiger partial charge is 0.368 e. The predicted octanol–water partition coefficient (Wildman–Crippen LogP) is 2.17. The maximum Gasteiger partial charge on any atom is 0.249 e.